The predicted molar refractivity (Wildman–Crippen MR) is 90.7 cm³/mol. The monoisotopic (exact) mass is 343 g/mol. The molecule has 1 aromatic carbocycles. The van der Waals surface area contributed by atoms with Crippen LogP contribution >= 0.6 is 0 Å². The second-order valence-corrected chi connectivity index (χ2v) is 6.69. The minimum atomic E-state index is -3.65. The summed E-state index contributed by atoms with van der Waals surface area (Å²) < 4.78 is 26.0. The van der Waals surface area contributed by atoms with Crippen molar-refractivity contribution < 1.29 is 13.2 Å². The topological polar surface area (TPSA) is 88.2 Å². The van der Waals surface area contributed by atoms with Crippen LogP contribution in [-0.4, -0.2) is 32.4 Å². The third-order valence-electron chi connectivity index (χ3n) is 3.21. The molecule has 0 atom stereocenters. The number of hydrogen-bond donors (Lipinski definition) is 2. The summed E-state index contributed by atoms with van der Waals surface area (Å²) in [6, 6.07) is 9.43. The first-order valence-electron chi connectivity index (χ1n) is 7.23. The Labute approximate surface area is 141 Å². The van der Waals surface area contributed by atoms with Gasteiger partial charge in [-0.2, -0.15) is 4.72 Å². The summed E-state index contributed by atoms with van der Waals surface area (Å²) in [7, 11) is -3.65. The van der Waals surface area contributed by atoms with Gasteiger partial charge in [0.15, 0.2) is 0 Å². The van der Waals surface area contributed by atoms with Gasteiger partial charge >= 0.3 is 0 Å². The van der Waals surface area contributed by atoms with E-state index in [1.165, 1.54) is 24.3 Å². The number of aromatic nitrogens is 1. The van der Waals surface area contributed by atoms with E-state index in [0.717, 1.165) is 5.56 Å². The number of terminal acetylenes is 1. The van der Waals surface area contributed by atoms with Crippen molar-refractivity contribution >= 4 is 15.9 Å². The third kappa shape index (κ3) is 4.91. The van der Waals surface area contributed by atoms with Gasteiger partial charge in [0.05, 0.1) is 11.4 Å². The van der Waals surface area contributed by atoms with Crippen molar-refractivity contribution in [2.24, 2.45) is 0 Å². The molecule has 0 aliphatic rings. The number of nitrogens with zero attached hydrogens (tertiary/aromatic N) is 1. The first-order chi connectivity index (χ1) is 11.5. The standard InChI is InChI=1S/C17H17N3O3S/c1-2-10-20-24(22,23)16-7-5-15(6-8-16)17(21)19-12-9-14-4-3-11-18-13-14/h1,3-8,11,13,20H,9-10,12H2,(H,19,21). The highest BCUT2D eigenvalue weighted by Crippen LogP contribution is 2.10. The Morgan fingerprint density at radius 3 is 2.58 bits per heavy atom. The predicted octanol–water partition coefficient (Wildman–Crippen LogP) is 0.966. The second-order valence-electron chi connectivity index (χ2n) is 4.92. The van der Waals surface area contributed by atoms with Gasteiger partial charge in [0.25, 0.3) is 5.91 Å². The molecule has 0 saturated heterocycles. The average molecular weight is 343 g/mol. The Morgan fingerprint density at radius 1 is 1.21 bits per heavy atom. The van der Waals surface area contributed by atoms with E-state index in [2.05, 4.69) is 20.9 Å². The number of nitrogens with one attached hydrogen (secondary N) is 2. The zero-order valence-electron chi connectivity index (χ0n) is 12.9. The summed E-state index contributed by atoms with van der Waals surface area (Å²) in [6.45, 7) is 0.382. The first kappa shape index (κ1) is 17.7. The highest BCUT2D eigenvalue weighted by atomic mass is 32.2. The Bertz CT molecular complexity index is 826. The molecule has 24 heavy (non-hydrogen) atoms. The number of hydrogen-bond acceptors (Lipinski definition) is 4. The lowest BCUT2D eigenvalue weighted by Crippen LogP contribution is -2.26. The fraction of sp³-hybridized carbons (Fsp3) is 0.176. The van der Waals surface area contributed by atoms with E-state index in [1.807, 2.05) is 12.1 Å². The van der Waals surface area contributed by atoms with Crippen LogP contribution in [0, 0.1) is 12.3 Å². The Hall–Kier alpha value is -2.69. The molecule has 2 N–H and O–H groups in total. The molecule has 2 aromatic rings. The van der Waals surface area contributed by atoms with Gasteiger partial charge in [0, 0.05) is 24.5 Å². The van der Waals surface area contributed by atoms with Crippen molar-refractivity contribution in [3.63, 3.8) is 0 Å². The number of sulfonamides is 1. The van der Waals surface area contributed by atoms with Crippen LogP contribution in [0.1, 0.15) is 15.9 Å². The zero-order valence-corrected chi connectivity index (χ0v) is 13.7. The summed E-state index contributed by atoms with van der Waals surface area (Å²) in [4.78, 5) is 16.1. The summed E-state index contributed by atoms with van der Waals surface area (Å²) in [5.74, 6) is 1.94. The van der Waals surface area contributed by atoms with E-state index in [4.69, 9.17) is 6.42 Å². The number of carbonyl (C=O) groups is 1. The van der Waals surface area contributed by atoms with Gasteiger partial charge in [0.1, 0.15) is 0 Å². The molecular formula is C17H17N3O3S. The van der Waals surface area contributed by atoms with Gasteiger partial charge < -0.3 is 5.32 Å². The number of pyridine rings is 1. The van der Waals surface area contributed by atoms with E-state index in [-0.39, 0.29) is 17.3 Å². The van der Waals surface area contributed by atoms with Crippen LogP contribution < -0.4 is 10.0 Å². The molecule has 0 saturated carbocycles. The molecule has 1 amide bonds. The second kappa shape index (κ2) is 8.24. The van der Waals surface area contributed by atoms with Crippen molar-refractivity contribution in [1.29, 1.82) is 0 Å². The number of rotatable bonds is 7. The molecule has 0 unspecified atom stereocenters. The van der Waals surface area contributed by atoms with Gasteiger partial charge in [-0.1, -0.05) is 12.0 Å². The van der Waals surface area contributed by atoms with E-state index < -0.39 is 10.0 Å². The molecule has 0 fully saturated rings. The maximum absolute atomic E-state index is 12.0. The highest BCUT2D eigenvalue weighted by molar-refractivity contribution is 7.89. The third-order valence-corrected chi connectivity index (χ3v) is 4.63. The lowest BCUT2D eigenvalue weighted by Gasteiger charge is -2.07. The van der Waals surface area contributed by atoms with Crippen molar-refractivity contribution in [3.8, 4) is 12.3 Å². The van der Waals surface area contributed by atoms with E-state index >= 15 is 0 Å². The van der Waals surface area contributed by atoms with Crippen LogP contribution in [0.4, 0.5) is 0 Å². The maximum Gasteiger partial charge on any atom is 0.251 e. The molecule has 0 aliphatic carbocycles. The average Bonchev–Trinajstić information content (AvgIpc) is 2.61. The van der Waals surface area contributed by atoms with Gasteiger partial charge in [0.2, 0.25) is 10.0 Å². The fourth-order valence-electron chi connectivity index (χ4n) is 1.97. The van der Waals surface area contributed by atoms with Gasteiger partial charge in [-0.25, -0.2) is 8.42 Å². The highest BCUT2D eigenvalue weighted by Gasteiger charge is 2.13. The lowest BCUT2D eigenvalue weighted by molar-refractivity contribution is 0.0954. The van der Waals surface area contributed by atoms with Crippen LogP contribution in [0.25, 0.3) is 0 Å². The van der Waals surface area contributed by atoms with Gasteiger partial charge in [-0.05, 0) is 42.3 Å². The quantitative estimate of drug-likeness (QED) is 0.733. The Kier molecular flexibility index (Phi) is 6.07. The molecule has 1 heterocycles. The molecule has 6 nitrogen and oxygen atoms in total. The molecule has 0 spiro atoms. The number of benzene rings is 1. The van der Waals surface area contributed by atoms with Crippen molar-refractivity contribution in [1.82, 2.24) is 15.0 Å². The molecule has 7 heteroatoms. The maximum atomic E-state index is 12.0. The van der Waals surface area contributed by atoms with E-state index in [0.29, 0.717) is 18.5 Å². The summed E-state index contributed by atoms with van der Waals surface area (Å²) in [5.41, 5.74) is 1.41. The fourth-order valence-corrected chi connectivity index (χ4v) is 2.91. The summed E-state index contributed by atoms with van der Waals surface area (Å²) in [5, 5.41) is 2.78. The summed E-state index contributed by atoms with van der Waals surface area (Å²) in [6.07, 6.45) is 9.14. The lowest BCUT2D eigenvalue weighted by atomic mass is 10.2. The first-order valence-corrected chi connectivity index (χ1v) is 8.71. The van der Waals surface area contributed by atoms with Gasteiger partial charge in [-0.15, -0.1) is 6.42 Å². The minimum Gasteiger partial charge on any atom is -0.352 e. The van der Waals surface area contributed by atoms with Crippen molar-refractivity contribution in [2.75, 3.05) is 13.1 Å². The molecular weight excluding hydrogens is 326 g/mol. The van der Waals surface area contributed by atoms with E-state index in [9.17, 15) is 13.2 Å². The number of carbonyl (C=O) groups excluding carboxylic acids is 1. The molecule has 1 aromatic heterocycles. The molecule has 0 radical (unpaired) electrons. The number of amides is 1. The Balaban J connectivity index is 1.93. The molecule has 124 valence electrons. The minimum absolute atomic E-state index is 0.0599. The normalized spacial score (nSPS) is 10.8. The van der Waals surface area contributed by atoms with Crippen LogP contribution in [0.15, 0.2) is 53.7 Å². The SMILES string of the molecule is C#CCNS(=O)(=O)c1ccc(C(=O)NCCc2cccnc2)cc1. The van der Waals surface area contributed by atoms with Crippen LogP contribution in [0.5, 0.6) is 0 Å². The van der Waals surface area contributed by atoms with Crippen LogP contribution in [0.3, 0.4) is 0 Å². The van der Waals surface area contributed by atoms with Crippen LogP contribution in [-0.2, 0) is 16.4 Å². The zero-order chi connectivity index (χ0) is 17.4. The van der Waals surface area contributed by atoms with Crippen LogP contribution in [0.2, 0.25) is 0 Å². The van der Waals surface area contributed by atoms with Crippen molar-refractivity contribution in [3.05, 3.63) is 59.9 Å². The smallest absolute Gasteiger partial charge is 0.251 e. The van der Waals surface area contributed by atoms with Crippen molar-refractivity contribution in [2.45, 2.75) is 11.3 Å². The molecule has 2 rings (SSSR count). The molecule has 0 aliphatic heterocycles. The largest absolute Gasteiger partial charge is 0.352 e. The van der Waals surface area contributed by atoms with Gasteiger partial charge in [-0.3, -0.25) is 9.78 Å². The molecule has 0 bridgehead atoms. The summed E-state index contributed by atoms with van der Waals surface area (Å²) >= 11 is 0. The Morgan fingerprint density at radius 2 is 1.96 bits per heavy atom. The van der Waals surface area contributed by atoms with E-state index in [1.54, 1.807) is 12.4 Å².